The smallest absolute Gasteiger partial charge is 0.222 e. The first kappa shape index (κ1) is 26.9. The highest BCUT2D eigenvalue weighted by molar-refractivity contribution is 14.0. The van der Waals surface area contributed by atoms with Crippen LogP contribution in [0, 0.1) is 0 Å². The SMILES string of the molecule is CCCCN1CCC(NC(=NCCCC(=O)N2CCc3ccccc3C2)NCC)CC1.I. The topological polar surface area (TPSA) is 60.0 Å². The van der Waals surface area contributed by atoms with E-state index in [2.05, 4.69) is 53.6 Å². The fraction of sp³-hybridized carbons (Fsp3) is 0.680. The Balaban J connectivity index is 0.00000363. The third kappa shape index (κ3) is 8.54. The van der Waals surface area contributed by atoms with Gasteiger partial charge in [-0.05, 0) is 56.7 Å². The van der Waals surface area contributed by atoms with Gasteiger partial charge in [0.2, 0.25) is 5.91 Å². The van der Waals surface area contributed by atoms with Gasteiger partial charge in [-0.1, -0.05) is 37.6 Å². The normalized spacial score (nSPS) is 17.4. The number of unbranched alkanes of at least 4 members (excludes halogenated alkanes) is 1. The minimum atomic E-state index is 0. The Labute approximate surface area is 211 Å². The molecule has 0 saturated carbocycles. The van der Waals surface area contributed by atoms with E-state index in [0.29, 0.717) is 19.0 Å². The quantitative estimate of drug-likeness (QED) is 0.211. The van der Waals surface area contributed by atoms with Gasteiger partial charge in [0.15, 0.2) is 5.96 Å². The Bertz CT molecular complexity index is 718. The Kier molecular flexibility index (Phi) is 12.4. The number of carbonyl (C=O) groups is 1. The minimum Gasteiger partial charge on any atom is -0.357 e. The lowest BCUT2D eigenvalue weighted by Crippen LogP contribution is -2.48. The van der Waals surface area contributed by atoms with E-state index in [-0.39, 0.29) is 29.9 Å². The number of likely N-dealkylation sites (tertiary alicyclic amines) is 1. The van der Waals surface area contributed by atoms with Crippen molar-refractivity contribution >= 4 is 35.8 Å². The summed E-state index contributed by atoms with van der Waals surface area (Å²) < 4.78 is 0. The van der Waals surface area contributed by atoms with Crippen molar-refractivity contribution in [2.75, 3.05) is 39.3 Å². The predicted molar refractivity (Wildman–Crippen MR) is 144 cm³/mol. The zero-order chi connectivity index (χ0) is 21.9. The maximum Gasteiger partial charge on any atom is 0.222 e. The lowest BCUT2D eigenvalue weighted by atomic mass is 9.99. The zero-order valence-corrected chi connectivity index (χ0v) is 22.3. The number of piperidine rings is 1. The molecule has 7 heteroatoms. The monoisotopic (exact) mass is 555 g/mol. The standard InChI is InChI=1S/C25H41N5O.HI/c1-3-5-16-29-17-13-23(14-18-29)28-25(26-4-2)27-15-8-11-24(31)30-19-12-21-9-6-7-10-22(21)20-30;/h6-7,9-10,23H,3-5,8,11-20H2,1-2H3,(H2,26,27,28);1H. The highest BCUT2D eigenvalue weighted by Gasteiger charge is 2.21. The molecule has 2 aliphatic rings. The Morgan fingerprint density at radius 3 is 2.56 bits per heavy atom. The minimum absolute atomic E-state index is 0. The molecule has 1 aromatic rings. The number of carbonyl (C=O) groups excluding carboxylic acids is 1. The molecular weight excluding hydrogens is 513 g/mol. The molecule has 6 nitrogen and oxygen atoms in total. The number of benzene rings is 1. The third-order valence-electron chi connectivity index (χ3n) is 6.40. The maximum absolute atomic E-state index is 12.6. The van der Waals surface area contributed by atoms with Crippen LogP contribution in [0.4, 0.5) is 0 Å². The summed E-state index contributed by atoms with van der Waals surface area (Å²) in [4.78, 5) is 22.0. The fourth-order valence-electron chi connectivity index (χ4n) is 4.48. The summed E-state index contributed by atoms with van der Waals surface area (Å²) in [6.45, 7) is 11.0. The molecule has 1 amide bonds. The van der Waals surface area contributed by atoms with E-state index in [4.69, 9.17) is 4.99 Å². The van der Waals surface area contributed by atoms with Crippen molar-refractivity contribution in [3.8, 4) is 0 Å². The summed E-state index contributed by atoms with van der Waals surface area (Å²) in [5, 5.41) is 6.98. The molecule has 0 aliphatic carbocycles. The van der Waals surface area contributed by atoms with Crippen LogP contribution < -0.4 is 10.6 Å². The van der Waals surface area contributed by atoms with Gasteiger partial charge in [0.05, 0.1) is 0 Å². The van der Waals surface area contributed by atoms with Crippen molar-refractivity contribution < 1.29 is 4.79 Å². The fourth-order valence-corrected chi connectivity index (χ4v) is 4.48. The first-order valence-electron chi connectivity index (χ1n) is 12.3. The van der Waals surface area contributed by atoms with E-state index in [1.165, 1.54) is 56.4 Å². The van der Waals surface area contributed by atoms with E-state index >= 15 is 0 Å². The number of nitrogens with zero attached hydrogens (tertiary/aromatic N) is 3. The molecule has 1 aromatic carbocycles. The summed E-state index contributed by atoms with van der Waals surface area (Å²) in [6.07, 6.45) is 7.23. The summed E-state index contributed by atoms with van der Waals surface area (Å²) in [5.74, 6) is 1.15. The largest absolute Gasteiger partial charge is 0.357 e. The molecule has 0 bridgehead atoms. The second-order valence-electron chi connectivity index (χ2n) is 8.81. The molecule has 2 N–H and O–H groups in total. The van der Waals surface area contributed by atoms with Gasteiger partial charge in [-0.3, -0.25) is 9.79 Å². The van der Waals surface area contributed by atoms with Crippen LogP contribution in [0.2, 0.25) is 0 Å². The number of nitrogens with one attached hydrogen (secondary N) is 2. The number of hydrogen-bond donors (Lipinski definition) is 2. The average molecular weight is 556 g/mol. The highest BCUT2D eigenvalue weighted by atomic mass is 127. The molecule has 1 fully saturated rings. The number of guanidine groups is 1. The molecular formula is C25H42IN5O. The molecule has 0 unspecified atom stereocenters. The summed E-state index contributed by atoms with van der Waals surface area (Å²) in [7, 11) is 0. The predicted octanol–water partition coefficient (Wildman–Crippen LogP) is 3.79. The van der Waals surface area contributed by atoms with Crippen LogP contribution in [0.1, 0.15) is 63.5 Å². The molecule has 0 atom stereocenters. The summed E-state index contributed by atoms with van der Waals surface area (Å²) in [6, 6.07) is 8.95. The third-order valence-corrected chi connectivity index (χ3v) is 6.40. The molecule has 180 valence electrons. The molecule has 2 aliphatic heterocycles. The van der Waals surface area contributed by atoms with E-state index in [1.807, 2.05) is 4.90 Å². The number of fused-ring (bicyclic) bond motifs is 1. The van der Waals surface area contributed by atoms with Crippen LogP contribution in [-0.2, 0) is 17.8 Å². The summed E-state index contributed by atoms with van der Waals surface area (Å²) in [5.41, 5.74) is 2.67. The number of amides is 1. The second kappa shape index (κ2) is 14.7. The van der Waals surface area contributed by atoms with Crippen molar-refractivity contribution in [1.82, 2.24) is 20.4 Å². The second-order valence-corrected chi connectivity index (χ2v) is 8.81. The highest BCUT2D eigenvalue weighted by Crippen LogP contribution is 2.19. The van der Waals surface area contributed by atoms with Gasteiger partial charge in [-0.15, -0.1) is 24.0 Å². The van der Waals surface area contributed by atoms with Gasteiger partial charge in [0, 0.05) is 51.7 Å². The molecule has 1 saturated heterocycles. The van der Waals surface area contributed by atoms with Crippen LogP contribution in [0.3, 0.4) is 0 Å². The van der Waals surface area contributed by atoms with Crippen molar-refractivity contribution in [1.29, 1.82) is 0 Å². The van der Waals surface area contributed by atoms with Crippen LogP contribution in [0.5, 0.6) is 0 Å². The Hall–Kier alpha value is -1.35. The van der Waals surface area contributed by atoms with Crippen LogP contribution in [-0.4, -0.2) is 67.0 Å². The Morgan fingerprint density at radius 1 is 1.09 bits per heavy atom. The van der Waals surface area contributed by atoms with Crippen molar-refractivity contribution in [2.24, 2.45) is 4.99 Å². The lowest BCUT2D eigenvalue weighted by Gasteiger charge is -2.33. The van der Waals surface area contributed by atoms with E-state index < -0.39 is 0 Å². The summed E-state index contributed by atoms with van der Waals surface area (Å²) >= 11 is 0. The molecule has 0 spiro atoms. The molecule has 2 heterocycles. The molecule has 0 aromatic heterocycles. The number of hydrogen-bond acceptors (Lipinski definition) is 3. The first-order chi connectivity index (χ1) is 15.2. The van der Waals surface area contributed by atoms with E-state index in [9.17, 15) is 4.79 Å². The molecule has 0 radical (unpaired) electrons. The molecule has 3 rings (SSSR count). The van der Waals surface area contributed by atoms with Crippen LogP contribution in [0.25, 0.3) is 0 Å². The lowest BCUT2D eigenvalue weighted by molar-refractivity contribution is -0.132. The van der Waals surface area contributed by atoms with E-state index in [0.717, 1.165) is 38.4 Å². The van der Waals surface area contributed by atoms with Gasteiger partial charge in [-0.25, -0.2) is 0 Å². The van der Waals surface area contributed by atoms with Gasteiger partial charge >= 0.3 is 0 Å². The number of halogens is 1. The van der Waals surface area contributed by atoms with Crippen molar-refractivity contribution in [2.45, 2.75) is 71.4 Å². The number of aliphatic imine (C=N–C) groups is 1. The van der Waals surface area contributed by atoms with Crippen molar-refractivity contribution in [3.63, 3.8) is 0 Å². The van der Waals surface area contributed by atoms with Gasteiger partial charge in [0.1, 0.15) is 0 Å². The van der Waals surface area contributed by atoms with Crippen LogP contribution in [0.15, 0.2) is 29.3 Å². The Morgan fingerprint density at radius 2 is 1.84 bits per heavy atom. The average Bonchev–Trinajstić information content (AvgIpc) is 2.81. The van der Waals surface area contributed by atoms with Gasteiger partial charge in [0.25, 0.3) is 0 Å². The van der Waals surface area contributed by atoms with Crippen molar-refractivity contribution in [3.05, 3.63) is 35.4 Å². The van der Waals surface area contributed by atoms with Crippen LogP contribution >= 0.6 is 24.0 Å². The maximum atomic E-state index is 12.6. The zero-order valence-electron chi connectivity index (χ0n) is 19.9. The van der Waals surface area contributed by atoms with Gasteiger partial charge in [-0.2, -0.15) is 0 Å². The van der Waals surface area contributed by atoms with E-state index in [1.54, 1.807) is 0 Å². The first-order valence-corrected chi connectivity index (χ1v) is 12.3. The number of rotatable bonds is 9. The van der Waals surface area contributed by atoms with Gasteiger partial charge < -0.3 is 20.4 Å². The molecule has 32 heavy (non-hydrogen) atoms.